The number of aryl methyl sites for hydroxylation is 1. The number of benzene rings is 1. The van der Waals surface area contributed by atoms with E-state index in [1.54, 1.807) is 13.2 Å². The fraction of sp³-hybridized carbons (Fsp3) is 0.391. The van der Waals surface area contributed by atoms with Gasteiger partial charge in [0.15, 0.2) is 0 Å². The van der Waals surface area contributed by atoms with E-state index in [9.17, 15) is 9.59 Å². The van der Waals surface area contributed by atoms with Gasteiger partial charge in [0.1, 0.15) is 5.70 Å². The van der Waals surface area contributed by atoms with E-state index in [1.807, 2.05) is 24.0 Å². The minimum Gasteiger partial charge on any atom is -0.471 e. The number of fused-ring (bicyclic) bond motifs is 1. The van der Waals surface area contributed by atoms with Crippen molar-refractivity contribution in [3.05, 3.63) is 63.1 Å². The van der Waals surface area contributed by atoms with Gasteiger partial charge in [0, 0.05) is 34.2 Å². The molecule has 1 aliphatic carbocycles. The summed E-state index contributed by atoms with van der Waals surface area (Å²) in [6.07, 6.45) is 6.88. The molecule has 1 aromatic heterocycles. The van der Waals surface area contributed by atoms with E-state index in [-0.39, 0.29) is 24.3 Å². The summed E-state index contributed by atoms with van der Waals surface area (Å²) in [6.45, 7) is 6.50. The van der Waals surface area contributed by atoms with Crippen LogP contribution in [-0.4, -0.2) is 29.4 Å². The monoisotopic (exact) mass is 420 g/mol. The summed E-state index contributed by atoms with van der Waals surface area (Å²) in [5, 5.41) is 3.46. The lowest BCUT2D eigenvalue weighted by atomic mass is 9.95. The van der Waals surface area contributed by atoms with Gasteiger partial charge in [0.05, 0.1) is 19.1 Å². The molecule has 1 saturated carbocycles. The second kappa shape index (κ2) is 8.32. The molecule has 1 aromatic carbocycles. The van der Waals surface area contributed by atoms with Crippen LogP contribution >= 0.6 is 0 Å². The molecule has 0 spiro atoms. The van der Waals surface area contributed by atoms with E-state index >= 15 is 0 Å². The van der Waals surface area contributed by atoms with Gasteiger partial charge in [-0.05, 0) is 73.9 Å². The molecule has 1 aliphatic heterocycles. The number of esters is 1. The summed E-state index contributed by atoms with van der Waals surface area (Å²) >= 11 is 0. The molecule has 2 heterocycles. The van der Waals surface area contributed by atoms with Crippen LogP contribution in [0.3, 0.4) is 0 Å². The highest BCUT2D eigenvalue weighted by atomic mass is 16.5. The molecule has 8 heteroatoms. The average Bonchev–Trinajstić information content (AvgIpc) is 3.40. The second-order valence-corrected chi connectivity index (χ2v) is 8.02. The number of furan rings is 1. The van der Waals surface area contributed by atoms with Gasteiger partial charge in [0.25, 0.3) is 5.91 Å². The normalized spacial score (nSPS) is 16.7. The number of azide groups is 1. The summed E-state index contributed by atoms with van der Waals surface area (Å²) in [7, 11) is 0. The highest BCUT2D eigenvalue weighted by Gasteiger charge is 2.39. The zero-order valence-corrected chi connectivity index (χ0v) is 17.8. The summed E-state index contributed by atoms with van der Waals surface area (Å²) in [6, 6.07) is 4.19. The van der Waals surface area contributed by atoms with Gasteiger partial charge in [-0.15, -0.1) is 0 Å². The molecule has 160 valence electrons. The Balaban J connectivity index is 1.70. The number of amides is 1. The number of carbonyl (C=O) groups excluding carboxylic acids is 2. The largest absolute Gasteiger partial charge is 0.471 e. The third kappa shape index (κ3) is 3.94. The van der Waals surface area contributed by atoms with Crippen molar-refractivity contribution in [2.24, 2.45) is 11.0 Å². The zero-order valence-electron chi connectivity index (χ0n) is 17.8. The molecule has 4 rings (SSSR count). The lowest BCUT2D eigenvalue weighted by Crippen LogP contribution is -2.34. The second-order valence-electron chi connectivity index (χ2n) is 8.02. The maximum absolute atomic E-state index is 13.0. The van der Waals surface area contributed by atoms with E-state index in [0.29, 0.717) is 18.0 Å². The van der Waals surface area contributed by atoms with Crippen LogP contribution in [0.1, 0.15) is 53.7 Å². The van der Waals surface area contributed by atoms with Gasteiger partial charge in [-0.3, -0.25) is 4.79 Å². The Morgan fingerprint density at radius 1 is 1.42 bits per heavy atom. The standard InChI is InChI=1S/C23H24N4O4/c1-4-31-23(29)20(25-26-24)9-18-11-30-12-19(18)16-7-13(2)21-17(8-16)10-27(22(21)28)14(3)15-5-6-15/h7-9,11-12,14-15H,4-6,10H2,1-3H3/b20-9-/t14-/m0/s1. The lowest BCUT2D eigenvalue weighted by molar-refractivity contribution is -0.138. The van der Waals surface area contributed by atoms with Crippen LogP contribution in [0.15, 0.2) is 39.9 Å². The topological polar surface area (TPSA) is 109 Å². The molecule has 1 amide bonds. The number of hydrogen-bond acceptors (Lipinski definition) is 5. The minimum absolute atomic E-state index is 0.0960. The Morgan fingerprint density at radius 3 is 2.87 bits per heavy atom. The van der Waals surface area contributed by atoms with E-state index in [2.05, 4.69) is 16.9 Å². The number of hydrogen-bond donors (Lipinski definition) is 0. The van der Waals surface area contributed by atoms with Gasteiger partial charge in [-0.25, -0.2) is 4.79 Å². The summed E-state index contributed by atoms with van der Waals surface area (Å²) in [5.74, 6) is -0.00255. The SMILES string of the molecule is CCOC(=O)/C(=C/c1cocc1-c1cc(C)c2c(c1)CN([C@@H](C)C1CC1)C2=O)N=[N+]=[N-]. The molecule has 2 aliphatic rings. The highest BCUT2D eigenvalue weighted by Crippen LogP contribution is 2.40. The highest BCUT2D eigenvalue weighted by molar-refractivity contribution is 6.01. The van der Waals surface area contributed by atoms with Crippen LogP contribution in [-0.2, 0) is 16.1 Å². The Labute approximate surface area is 180 Å². The van der Waals surface area contributed by atoms with Crippen molar-refractivity contribution in [1.82, 2.24) is 4.90 Å². The van der Waals surface area contributed by atoms with Crippen molar-refractivity contribution in [1.29, 1.82) is 0 Å². The summed E-state index contributed by atoms with van der Waals surface area (Å²) in [5.41, 5.74) is 13.5. The molecule has 8 nitrogen and oxygen atoms in total. The number of nitrogens with zero attached hydrogens (tertiary/aromatic N) is 4. The number of rotatable bonds is 7. The molecule has 1 atom stereocenters. The van der Waals surface area contributed by atoms with Gasteiger partial charge < -0.3 is 14.1 Å². The van der Waals surface area contributed by atoms with Crippen molar-refractivity contribution in [3.63, 3.8) is 0 Å². The first-order valence-electron chi connectivity index (χ1n) is 10.4. The first kappa shape index (κ1) is 20.8. The molecule has 0 radical (unpaired) electrons. The van der Waals surface area contributed by atoms with Crippen LogP contribution in [0.4, 0.5) is 0 Å². The fourth-order valence-corrected chi connectivity index (χ4v) is 4.19. The maximum Gasteiger partial charge on any atom is 0.340 e. The minimum atomic E-state index is -0.701. The summed E-state index contributed by atoms with van der Waals surface area (Å²) in [4.78, 5) is 29.8. The molecule has 0 unspecified atom stereocenters. The van der Waals surface area contributed by atoms with Crippen LogP contribution in [0.2, 0.25) is 0 Å². The predicted octanol–water partition coefficient (Wildman–Crippen LogP) is 5.22. The zero-order chi connectivity index (χ0) is 22.1. The Kier molecular flexibility index (Phi) is 5.57. The first-order chi connectivity index (χ1) is 14.9. The van der Waals surface area contributed by atoms with E-state index < -0.39 is 5.97 Å². The Morgan fingerprint density at radius 2 is 2.19 bits per heavy atom. The maximum atomic E-state index is 13.0. The van der Waals surface area contributed by atoms with Gasteiger partial charge in [-0.2, -0.15) is 0 Å². The van der Waals surface area contributed by atoms with Crippen molar-refractivity contribution in [2.45, 2.75) is 46.2 Å². The van der Waals surface area contributed by atoms with Gasteiger partial charge >= 0.3 is 5.97 Å². The first-order valence-corrected chi connectivity index (χ1v) is 10.4. The Bertz CT molecular complexity index is 1120. The molecule has 2 aromatic rings. The van der Waals surface area contributed by atoms with Crippen LogP contribution in [0.25, 0.3) is 27.6 Å². The number of carbonyl (C=O) groups is 2. The third-order valence-corrected chi connectivity index (χ3v) is 5.96. The van der Waals surface area contributed by atoms with Crippen molar-refractivity contribution in [3.8, 4) is 11.1 Å². The van der Waals surface area contributed by atoms with Crippen LogP contribution < -0.4 is 0 Å². The van der Waals surface area contributed by atoms with E-state index in [0.717, 1.165) is 27.8 Å². The van der Waals surface area contributed by atoms with Gasteiger partial charge in [-0.1, -0.05) is 11.2 Å². The fourth-order valence-electron chi connectivity index (χ4n) is 4.19. The van der Waals surface area contributed by atoms with E-state index in [1.165, 1.54) is 25.2 Å². The molecule has 0 bridgehead atoms. The van der Waals surface area contributed by atoms with Crippen LogP contribution in [0.5, 0.6) is 0 Å². The molecular formula is C23H24N4O4. The summed E-state index contributed by atoms with van der Waals surface area (Å²) < 4.78 is 10.3. The molecule has 1 fully saturated rings. The van der Waals surface area contributed by atoms with Crippen molar-refractivity contribution >= 4 is 18.0 Å². The van der Waals surface area contributed by atoms with Crippen molar-refractivity contribution in [2.75, 3.05) is 6.61 Å². The molecule has 31 heavy (non-hydrogen) atoms. The quantitative estimate of drug-likeness (QED) is 0.201. The number of ether oxygens (including phenoxy) is 1. The van der Waals surface area contributed by atoms with Crippen molar-refractivity contribution < 1.29 is 18.7 Å². The predicted molar refractivity (Wildman–Crippen MR) is 115 cm³/mol. The van der Waals surface area contributed by atoms with Crippen LogP contribution in [0, 0.1) is 12.8 Å². The van der Waals surface area contributed by atoms with Gasteiger partial charge in [0.2, 0.25) is 0 Å². The average molecular weight is 420 g/mol. The Hall–Kier alpha value is -3.51. The molecule has 0 saturated heterocycles. The van der Waals surface area contributed by atoms with E-state index in [4.69, 9.17) is 14.7 Å². The molecule has 0 N–H and O–H groups in total. The molecular weight excluding hydrogens is 396 g/mol. The lowest BCUT2D eigenvalue weighted by Gasteiger charge is -2.24. The smallest absolute Gasteiger partial charge is 0.340 e. The third-order valence-electron chi connectivity index (χ3n) is 5.96.